The number of nitrogens with zero attached hydrogens (tertiary/aromatic N) is 1. The van der Waals surface area contributed by atoms with E-state index in [4.69, 9.17) is 0 Å². The van der Waals surface area contributed by atoms with Crippen molar-refractivity contribution in [3.63, 3.8) is 0 Å². The minimum atomic E-state index is 0.279. The van der Waals surface area contributed by atoms with Gasteiger partial charge in [0.2, 0.25) is 0 Å². The van der Waals surface area contributed by atoms with Gasteiger partial charge < -0.3 is 9.88 Å². The molecule has 1 aliphatic carbocycles. The van der Waals surface area contributed by atoms with E-state index in [1.807, 2.05) is 6.08 Å². The van der Waals surface area contributed by atoms with Crippen molar-refractivity contribution in [3.05, 3.63) is 102 Å². The van der Waals surface area contributed by atoms with Crippen molar-refractivity contribution in [1.82, 2.24) is 4.57 Å². The van der Waals surface area contributed by atoms with E-state index in [0.29, 0.717) is 0 Å². The van der Waals surface area contributed by atoms with Gasteiger partial charge in [0.1, 0.15) is 0 Å². The van der Waals surface area contributed by atoms with Crippen LogP contribution in [0.15, 0.2) is 96.4 Å². The summed E-state index contributed by atoms with van der Waals surface area (Å²) in [5, 5.41) is 6.22. The Bertz CT molecular complexity index is 1280. The van der Waals surface area contributed by atoms with Gasteiger partial charge in [-0.25, -0.2) is 0 Å². The zero-order valence-corrected chi connectivity index (χ0v) is 14.1. The number of aromatic nitrogens is 1. The largest absolute Gasteiger partial charge is 0.350 e. The summed E-state index contributed by atoms with van der Waals surface area (Å²) in [6, 6.07) is 23.8. The van der Waals surface area contributed by atoms with E-state index in [-0.39, 0.29) is 5.92 Å². The van der Waals surface area contributed by atoms with Crippen molar-refractivity contribution >= 4 is 27.5 Å². The lowest BCUT2D eigenvalue weighted by Crippen LogP contribution is -1.98. The summed E-state index contributed by atoms with van der Waals surface area (Å²) in [6.45, 7) is 0. The Morgan fingerprint density at radius 2 is 1.69 bits per heavy atom. The van der Waals surface area contributed by atoms with Crippen molar-refractivity contribution in [3.8, 4) is 5.69 Å². The first-order chi connectivity index (χ1) is 12.9. The van der Waals surface area contributed by atoms with Gasteiger partial charge >= 0.3 is 0 Å². The molecule has 0 fully saturated rings. The summed E-state index contributed by atoms with van der Waals surface area (Å²) >= 11 is 0. The predicted molar refractivity (Wildman–Crippen MR) is 108 cm³/mol. The molecule has 0 amide bonds. The summed E-state index contributed by atoms with van der Waals surface area (Å²) in [6.07, 6.45) is 6.31. The molecule has 2 heteroatoms. The van der Waals surface area contributed by atoms with Gasteiger partial charge in [0.15, 0.2) is 0 Å². The number of hydrogen-bond acceptors (Lipinski definition) is 1. The van der Waals surface area contributed by atoms with Crippen LogP contribution in [0, 0.1) is 0 Å². The number of benzene rings is 3. The van der Waals surface area contributed by atoms with Gasteiger partial charge in [-0.15, -0.1) is 0 Å². The molecule has 122 valence electrons. The molecule has 6 rings (SSSR count). The molecule has 1 N–H and O–H groups in total. The molecule has 1 aliphatic heterocycles. The van der Waals surface area contributed by atoms with Crippen LogP contribution in [0.2, 0.25) is 0 Å². The topological polar surface area (TPSA) is 17.0 Å². The molecule has 1 unspecified atom stereocenters. The van der Waals surface area contributed by atoms with Gasteiger partial charge in [-0.2, -0.15) is 0 Å². The second-order valence-corrected chi connectivity index (χ2v) is 6.83. The average Bonchev–Trinajstić information content (AvgIpc) is 3.24. The molecular formula is C24H16N2. The standard InChI is InChI=1S/C24H16N2/c1-2-8-16(9-3-1)26-22-13-7-5-11-18(22)20-15-14-19-17-10-4-6-12-21(17)25-23(19)24(20)26/h1-11,13-15,17,25H. The van der Waals surface area contributed by atoms with Crippen LogP contribution in [0.4, 0.5) is 5.69 Å². The lowest BCUT2D eigenvalue weighted by Gasteiger charge is -2.10. The van der Waals surface area contributed by atoms with Crippen molar-refractivity contribution in [2.45, 2.75) is 5.92 Å². The third-order valence-corrected chi connectivity index (χ3v) is 5.43. The van der Waals surface area contributed by atoms with Crippen molar-refractivity contribution in [1.29, 1.82) is 0 Å². The second-order valence-electron chi connectivity index (χ2n) is 6.83. The summed E-state index contributed by atoms with van der Waals surface area (Å²) in [5.74, 6) is 0.279. The highest BCUT2D eigenvalue weighted by atomic mass is 15.0. The molecule has 0 saturated carbocycles. The lowest BCUT2D eigenvalue weighted by atomic mass is 9.95. The maximum absolute atomic E-state index is 3.65. The van der Waals surface area contributed by atoms with Crippen LogP contribution in [-0.2, 0) is 0 Å². The molecule has 1 atom stereocenters. The predicted octanol–water partition coefficient (Wildman–Crippen LogP) is 5.90. The van der Waals surface area contributed by atoms with E-state index < -0.39 is 0 Å². The van der Waals surface area contributed by atoms with Crippen LogP contribution < -0.4 is 5.32 Å². The van der Waals surface area contributed by atoms with E-state index >= 15 is 0 Å². The number of anilines is 1. The van der Waals surface area contributed by atoms with Crippen LogP contribution in [-0.4, -0.2) is 4.57 Å². The third kappa shape index (κ3) is 1.72. The zero-order valence-electron chi connectivity index (χ0n) is 14.1. The highest BCUT2D eigenvalue weighted by Gasteiger charge is 2.29. The van der Waals surface area contributed by atoms with Crippen LogP contribution >= 0.6 is 0 Å². The fourth-order valence-corrected chi connectivity index (χ4v) is 4.31. The molecule has 0 bridgehead atoms. The molecule has 2 heterocycles. The van der Waals surface area contributed by atoms with E-state index in [0.717, 1.165) is 5.70 Å². The van der Waals surface area contributed by atoms with Gasteiger partial charge in [0, 0.05) is 16.5 Å². The van der Waals surface area contributed by atoms with Crippen molar-refractivity contribution in [2.75, 3.05) is 5.32 Å². The normalized spacial score (nSPS) is 17.2. The van der Waals surface area contributed by atoms with Crippen LogP contribution in [0.25, 0.3) is 27.5 Å². The Labute approximate surface area is 151 Å². The summed E-state index contributed by atoms with van der Waals surface area (Å²) in [7, 11) is 0. The van der Waals surface area contributed by atoms with Gasteiger partial charge in [-0.3, -0.25) is 0 Å². The molecule has 2 aliphatic rings. The molecular weight excluding hydrogens is 316 g/mol. The molecule has 1 aromatic heterocycles. The van der Waals surface area contributed by atoms with E-state index in [1.165, 1.54) is 38.7 Å². The number of rotatable bonds is 1. The molecule has 0 spiro atoms. The number of fused-ring (bicyclic) bond motifs is 7. The Hall–Kier alpha value is -3.48. The number of para-hydroxylation sites is 2. The zero-order chi connectivity index (χ0) is 17.1. The molecule has 0 radical (unpaired) electrons. The summed E-state index contributed by atoms with van der Waals surface area (Å²) in [4.78, 5) is 0. The Morgan fingerprint density at radius 3 is 2.62 bits per heavy atom. The highest BCUT2D eigenvalue weighted by molar-refractivity contribution is 6.14. The Kier molecular flexibility index (Phi) is 2.65. The minimum absolute atomic E-state index is 0.279. The van der Waals surface area contributed by atoms with Crippen LogP contribution in [0.3, 0.4) is 0 Å². The molecule has 4 aromatic rings. The van der Waals surface area contributed by atoms with E-state index in [9.17, 15) is 0 Å². The first-order valence-corrected chi connectivity index (χ1v) is 8.94. The molecule has 3 aromatic carbocycles. The Balaban J connectivity index is 1.80. The second kappa shape index (κ2) is 5.01. The highest BCUT2D eigenvalue weighted by Crippen LogP contribution is 2.46. The van der Waals surface area contributed by atoms with Crippen LogP contribution in [0.5, 0.6) is 0 Å². The number of hydrogen-bond donors (Lipinski definition) is 1. The first kappa shape index (κ1) is 13.8. The van der Waals surface area contributed by atoms with Gasteiger partial charge in [-0.1, -0.05) is 66.4 Å². The summed E-state index contributed by atoms with van der Waals surface area (Å²) in [5.41, 5.74) is 10.7. The quantitative estimate of drug-likeness (QED) is 0.429. The van der Waals surface area contributed by atoms with Gasteiger partial charge in [0.05, 0.1) is 28.3 Å². The molecule has 0 saturated heterocycles. The maximum atomic E-state index is 3.65. The Morgan fingerprint density at radius 1 is 0.846 bits per heavy atom. The smallest absolute Gasteiger partial charge is 0.0780 e. The van der Waals surface area contributed by atoms with E-state index in [2.05, 4.69) is 94.5 Å². The fraction of sp³-hybridized carbons (Fsp3) is 0.0417. The maximum Gasteiger partial charge on any atom is 0.0780 e. The number of allylic oxidation sites excluding steroid dienone is 2. The van der Waals surface area contributed by atoms with Crippen molar-refractivity contribution < 1.29 is 0 Å². The molecule has 2 nitrogen and oxygen atoms in total. The minimum Gasteiger partial charge on any atom is -0.350 e. The fourth-order valence-electron chi connectivity index (χ4n) is 4.31. The van der Waals surface area contributed by atoms with Gasteiger partial charge in [-0.05, 0) is 29.8 Å². The lowest BCUT2D eigenvalue weighted by molar-refractivity contribution is 1.05. The SMILES string of the molecule is C1=CC=CC2C=1Nc1c2ccc2c3ccccc3n(-c3ccccc3)c12. The average molecular weight is 332 g/mol. The third-order valence-electron chi connectivity index (χ3n) is 5.43. The molecule has 26 heavy (non-hydrogen) atoms. The summed E-state index contributed by atoms with van der Waals surface area (Å²) < 4.78 is 2.38. The first-order valence-electron chi connectivity index (χ1n) is 8.94. The van der Waals surface area contributed by atoms with Crippen molar-refractivity contribution in [2.24, 2.45) is 0 Å². The van der Waals surface area contributed by atoms with Crippen LogP contribution in [0.1, 0.15) is 11.5 Å². The monoisotopic (exact) mass is 332 g/mol. The van der Waals surface area contributed by atoms with E-state index in [1.54, 1.807) is 0 Å². The van der Waals surface area contributed by atoms with Gasteiger partial charge in [0.25, 0.3) is 0 Å². The number of nitrogens with one attached hydrogen (secondary N) is 1.